The van der Waals surface area contributed by atoms with Crippen molar-refractivity contribution in [1.82, 2.24) is 15.2 Å². The molecule has 0 radical (unpaired) electrons. The number of thiophene rings is 1. The number of hydrogen-bond donors (Lipinski definition) is 1. The number of nitrogens with zero attached hydrogens (tertiary/aromatic N) is 3. The monoisotopic (exact) mass is 356 g/mol. The Balaban J connectivity index is 1.47. The van der Waals surface area contributed by atoms with E-state index in [9.17, 15) is 4.79 Å². The number of hydrogen-bond acceptors (Lipinski definition) is 5. The molecule has 0 unspecified atom stereocenters. The molecule has 0 saturated heterocycles. The molecule has 0 fully saturated rings. The van der Waals surface area contributed by atoms with Gasteiger partial charge in [0, 0.05) is 12.2 Å². The first-order valence-electron chi connectivity index (χ1n) is 7.74. The lowest BCUT2D eigenvalue weighted by Crippen LogP contribution is -2.35. The van der Waals surface area contributed by atoms with Crippen LogP contribution in [0.2, 0.25) is 0 Å². The van der Waals surface area contributed by atoms with Crippen LogP contribution in [0.25, 0.3) is 10.7 Å². The summed E-state index contributed by atoms with van der Waals surface area (Å²) in [6.45, 7) is 2.66. The molecular formula is C17H16N4OS2. The molecule has 1 atom stereocenters. The lowest BCUT2D eigenvalue weighted by Gasteiger charge is -2.20. The molecule has 5 nitrogen and oxygen atoms in total. The average Bonchev–Trinajstić information content (AvgIpc) is 3.33. The van der Waals surface area contributed by atoms with Crippen molar-refractivity contribution in [3.8, 4) is 10.7 Å². The third kappa shape index (κ3) is 2.85. The van der Waals surface area contributed by atoms with Gasteiger partial charge in [-0.05, 0) is 36.4 Å². The molecule has 4 rings (SSSR count). The zero-order valence-corrected chi connectivity index (χ0v) is 14.7. The van der Waals surface area contributed by atoms with E-state index in [1.165, 1.54) is 17.3 Å². The molecule has 1 N–H and O–H groups in total. The molecule has 1 aliphatic rings. The number of anilines is 1. The lowest BCUT2D eigenvalue weighted by molar-refractivity contribution is -0.117. The number of amides is 1. The zero-order valence-electron chi connectivity index (χ0n) is 13.1. The van der Waals surface area contributed by atoms with Crippen molar-refractivity contribution in [2.24, 2.45) is 0 Å². The highest BCUT2D eigenvalue weighted by atomic mass is 32.2. The standard InChI is InChI=1S/C17H16N4OS2/c1-11(16(22)21-9-8-12-5-2-3-6-13(12)21)24-17-18-15(19-20-17)14-7-4-10-23-14/h2-7,10-11H,8-9H2,1H3,(H,18,19,20)/t11-/m1/s1. The smallest absolute Gasteiger partial charge is 0.240 e. The Hall–Kier alpha value is -2.12. The first-order valence-corrected chi connectivity index (χ1v) is 9.50. The lowest BCUT2D eigenvalue weighted by atomic mass is 10.2. The third-order valence-corrected chi connectivity index (χ3v) is 5.83. The molecule has 0 spiro atoms. The number of carbonyl (C=O) groups excluding carboxylic acids is 1. The number of benzene rings is 1. The van der Waals surface area contributed by atoms with E-state index in [0.29, 0.717) is 5.16 Å². The van der Waals surface area contributed by atoms with E-state index in [4.69, 9.17) is 0 Å². The van der Waals surface area contributed by atoms with Crippen molar-refractivity contribution < 1.29 is 4.79 Å². The van der Waals surface area contributed by atoms with Crippen LogP contribution >= 0.6 is 23.1 Å². The summed E-state index contributed by atoms with van der Waals surface area (Å²) in [5.41, 5.74) is 2.27. The van der Waals surface area contributed by atoms with E-state index in [1.54, 1.807) is 11.3 Å². The Morgan fingerprint density at radius 1 is 1.33 bits per heavy atom. The van der Waals surface area contributed by atoms with Crippen LogP contribution in [0.1, 0.15) is 12.5 Å². The fourth-order valence-corrected chi connectivity index (χ4v) is 4.27. The van der Waals surface area contributed by atoms with Crippen LogP contribution in [0.4, 0.5) is 5.69 Å². The maximum atomic E-state index is 12.8. The van der Waals surface area contributed by atoms with Crippen LogP contribution in [0.3, 0.4) is 0 Å². The molecule has 3 heterocycles. The Bertz CT molecular complexity index is 859. The van der Waals surface area contributed by atoms with Crippen LogP contribution in [0.15, 0.2) is 46.9 Å². The van der Waals surface area contributed by atoms with Crippen molar-refractivity contribution in [3.63, 3.8) is 0 Å². The van der Waals surface area contributed by atoms with Crippen molar-refractivity contribution in [3.05, 3.63) is 47.3 Å². The van der Waals surface area contributed by atoms with Gasteiger partial charge in [0.25, 0.3) is 0 Å². The molecule has 2 aromatic heterocycles. The Morgan fingerprint density at radius 2 is 2.21 bits per heavy atom. The Morgan fingerprint density at radius 3 is 3.04 bits per heavy atom. The molecular weight excluding hydrogens is 340 g/mol. The summed E-state index contributed by atoms with van der Waals surface area (Å²) in [7, 11) is 0. The van der Waals surface area contributed by atoms with E-state index in [0.717, 1.165) is 29.4 Å². The van der Waals surface area contributed by atoms with Gasteiger partial charge in [-0.1, -0.05) is 36.0 Å². The number of carbonyl (C=O) groups is 1. The minimum Gasteiger partial charge on any atom is -0.311 e. The minimum atomic E-state index is -0.233. The van der Waals surface area contributed by atoms with Gasteiger partial charge in [0.05, 0.1) is 10.1 Å². The number of H-pyrrole nitrogens is 1. The first-order chi connectivity index (χ1) is 11.7. The molecule has 7 heteroatoms. The third-order valence-electron chi connectivity index (χ3n) is 4.00. The van der Waals surface area contributed by atoms with Crippen LogP contribution in [0.5, 0.6) is 0 Å². The van der Waals surface area contributed by atoms with Gasteiger partial charge in [0.15, 0.2) is 5.82 Å². The van der Waals surface area contributed by atoms with Gasteiger partial charge < -0.3 is 4.90 Å². The summed E-state index contributed by atoms with van der Waals surface area (Å²) in [4.78, 5) is 20.2. The number of rotatable bonds is 4. The summed E-state index contributed by atoms with van der Waals surface area (Å²) in [6, 6.07) is 12.1. The van der Waals surface area contributed by atoms with Crippen LogP contribution in [0, 0.1) is 0 Å². The van der Waals surface area contributed by atoms with E-state index in [1.807, 2.05) is 47.5 Å². The predicted octanol–water partition coefficient (Wildman–Crippen LogP) is 3.60. The topological polar surface area (TPSA) is 61.9 Å². The fourth-order valence-electron chi connectivity index (χ4n) is 2.82. The molecule has 122 valence electrons. The van der Waals surface area contributed by atoms with Gasteiger partial charge in [-0.3, -0.25) is 9.89 Å². The van der Waals surface area contributed by atoms with Gasteiger partial charge >= 0.3 is 0 Å². The molecule has 0 bridgehead atoms. The average molecular weight is 356 g/mol. The summed E-state index contributed by atoms with van der Waals surface area (Å²) >= 11 is 3.00. The van der Waals surface area contributed by atoms with Crippen LogP contribution < -0.4 is 4.90 Å². The summed E-state index contributed by atoms with van der Waals surface area (Å²) in [5, 5.41) is 9.54. The highest BCUT2D eigenvalue weighted by Gasteiger charge is 2.29. The number of aromatic amines is 1. The second-order valence-electron chi connectivity index (χ2n) is 5.57. The van der Waals surface area contributed by atoms with Crippen molar-refractivity contribution >= 4 is 34.7 Å². The van der Waals surface area contributed by atoms with Crippen LogP contribution in [-0.4, -0.2) is 32.9 Å². The summed E-state index contributed by atoms with van der Waals surface area (Å²) in [5.74, 6) is 0.853. The van der Waals surface area contributed by atoms with Crippen molar-refractivity contribution in [1.29, 1.82) is 0 Å². The molecule has 1 aliphatic heterocycles. The molecule has 0 saturated carbocycles. The zero-order chi connectivity index (χ0) is 16.5. The predicted molar refractivity (Wildman–Crippen MR) is 97.5 cm³/mol. The quantitative estimate of drug-likeness (QED) is 0.726. The van der Waals surface area contributed by atoms with E-state index >= 15 is 0 Å². The molecule has 1 aromatic carbocycles. The summed E-state index contributed by atoms with van der Waals surface area (Å²) in [6.07, 6.45) is 0.919. The van der Waals surface area contributed by atoms with E-state index < -0.39 is 0 Å². The highest BCUT2D eigenvalue weighted by molar-refractivity contribution is 8.00. The Labute approximate surface area is 148 Å². The molecule has 24 heavy (non-hydrogen) atoms. The number of aromatic nitrogens is 3. The van der Waals surface area contributed by atoms with E-state index in [-0.39, 0.29) is 11.2 Å². The number of thioether (sulfide) groups is 1. The maximum Gasteiger partial charge on any atom is 0.240 e. The Kier molecular flexibility index (Phi) is 4.12. The fraction of sp³-hybridized carbons (Fsp3) is 0.235. The largest absolute Gasteiger partial charge is 0.311 e. The summed E-state index contributed by atoms with van der Waals surface area (Å²) < 4.78 is 0. The van der Waals surface area contributed by atoms with Crippen LogP contribution in [-0.2, 0) is 11.2 Å². The molecule has 3 aromatic rings. The van der Waals surface area contributed by atoms with E-state index in [2.05, 4.69) is 21.2 Å². The maximum absolute atomic E-state index is 12.8. The van der Waals surface area contributed by atoms with Gasteiger partial charge in [-0.15, -0.1) is 16.4 Å². The molecule has 0 aliphatic carbocycles. The first kappa shape index (κ1) is 15.4. The SMILES string of the molecule is C[C@@H](Sc1n[nH]c(-c2cccs2)n1)C(=O)N1CCc2ccccc21. The van der Waals surface area contributed by atoms with Crippen molar-refractivity contribution in [2.45, 2.75) is 23.8 Å². The second kappa shape index (κ2) is 6.41. The second-order valence-corrected chi connectivity index (χ2v) is 7.83. The number of fused-ring (bicyclic) bond motifs is 1. The number of para-hydroxylation sites is 1. The minimum absolute atomic E-state index is 0.104. The number of nitrogens with one attached hydrogen (secondary N) is 1. The van der Waals surface area contributed by atoms with Gasteiger partial charge in [0.2, 0.25) is 11.1 Å². The van der Waals surface area contributed by atoms with Gasteiger partial charge in [-0.2, -0.15) is 0 Å². The van der Waals surface area contributed by atoms with Crippen molar-refractivity contribution in [2.75, 3.05) is 11.4 Å². The normalized spacial score (nSPS) is 14.6. The highest BCUT2D eigenvalue weighted by Crippen LogP contribution is 2.31. The van der Waals surface area contributed by atoms with Gasteiger partial charge in [-0.25, -0.2) is 4.98 Å². The van der Waals surface area contributed by atoms with Gasteiger partial charge in [0.1, 0.15) is 0 Å². The molecule has 1 amide bonds.